The third-order valence-electron chi connectivity index (χ3n) is 5.90. The molecule has 0 aromatic heterocycles. The Balaban J connectivity index is 1.80. The Hall–Kier alpha value is -3.58. The van der Waals surface area contributed by atoms with Crippen molar-refractivity contribution in [3.8, 4) is 5.75 Å². The van der Waals surface area contributed by atoms with E-state index in [1.807, 2.05) is 71.6 Å². The van der Waals surface area contributed by atoms with Crippen LogP contribution >= 0.6 is 0 Å². The molecule has 0 spiro atoms. The van der Waals surface area contributed by atoms with Crippen molar-refractivity contribution in [2.45, 2.75) is 6.54 Å². The lowest BCUT2D eigenvalue weighted by molar-refractivity contribution is -0.384. The van der Waals surface area contributed by atoms with E-state index in [-0.39, 0.29) is 10.6 Å². The normalized spacial score (nSPS) is 14.2. The average molecular weight is 433 g/mol. The lowest BCUT2D eigenvalue weighted by Gasteiger charge is -2.35. The Morgan fingerprint density at radius 1 is 0.969 bits per heavy atom. The van der Waals surface area contributed by atoms with E-state index < -0.39 is 0 Å². The van der Waals surface area contributed by atoms with E-state index in [1.54, 1.807) is 13.2 Å². The average Bonchev–Trinajstić information content (AvgIpc) is 2.83. The lowest BCUT2D eigenvalue weighted by Crippen LogP contribution is -2.44. The van der Waals surface area contributed by atoms with Gasteiger partial charge in [-0.3, -0.25) is 10.1 Å². The highest BCUT2D eigenvalue weighted by Gasteiger charge is 2.24. The predicted molar refractivity (Wildman–Crippen MR) is 128 cm³/mol. The zero-order valence-electron chi connectivity index (χ0n) is 18.5. The first-order valence-electron chi connectivity index (χ1n) is 10.7. The summed E-state index contributed by atoms with van der Waals surface area (Å²) in [6.45, 7) is 4.17. The van der Waals surface area contributed by atoms with Gasteiger partial charge < -0.3 is 19.4 Å². The van der Waals surface area contributed by atoms with Crippen molar-refractivity contribution >= 4 is 22.7 Å². The van der Waals surface area contributed by atoms with Crippen molar-refractivity contribution in [3.05, 3.63) is 88.5 Å². The molecule has 0 bridgehead atoms. The van der Waals surface area contributed by atoms with E-state index in [0.717, 1.165) is 48.9 Å². The van der Waals surface area contributed by atoms with E-state index in [9.17, 15) is 10.1 Å². The van der Waals surface area contributed by atoms with Crippen LogP contribution in [0.15, 0.2) is 72.8 Å². The number of nitro groups is 1. The van der Waals surface area contributed by atoms with Crippen LogP contribution in [0.1, 0.15) is 5.56 Å². The number of piperazine rings is 1. The molecule has 0 N–H and O–H groups in total. The molecule has 32 heavy (non-hydrogen) atoms. The number of nitrogens with zero attached hydrogens (tertiary/aromatic N) is 4. The molecule has 1 fully saturated rings. The first-order valence-corrected chi connectivity index (χ1v) is 10.7. The second kappa shape index (κ2) is 9.70. The molecule has 1 heterocycles. The molecule has 0 aliphatic carbocycles. The Labute approximate surface area is 188 Å². The van der Waals surface area contributed by atoms with Gasteiger partial charge in [-0.25, -0.2) is 0 Å². The zero-order chi connectivity index (χ0) is 22.5. The second-order valence-electron chi connectivity index (χ2n) is 7.95. The minimum atomic E-state index is -0.304. The number of likely N-dealkylation sites (N-methyl/N-ethyl adjacent to an activating group) is 1. The van der Waals surface area contributed by atoms with E-state index >= 15 is 0 Å². The van der Waals surface area contributed by atoms with Gasteiger partial charge in [-0.2, -0.15) is 0 Å². The molecule has 0 unspecified atom stereocenters. The molecule has 7 nitrogen and oxygen atoms in total. The van der Waals surface area contributed by atoms with Crippen molar-refractivity contribution < 1.29 is 9.66 Å². The molecule has 0 radical (unpaired) electrons. The first kappa shape index (κ1) is 21.6. The topological polar surface area (TPSA) is 62.1 Å². The Kier molecular flexibility index (Phi) is 6.56. The predicted octanol–water partition coefficient (Wildman–Crippen LogP) is 4.69. The highest BCUT2D eigenvalue weighted by molar-refractivity contribution is 5.76. The minimum Gasteiger partial charge on any atom is -0.496 e. The van der Waals surface area contributed by atoms with Gasteiger partial charge in [-0.15, -0.1) is 0 Å². The van der Waals surface area contributed by atoms with Crippen molar-refractivity contribution in [2.24, 2.45) is 0 Å². The highest BCUT2D eigenvalue weighted by atomic mass is 16.6. The van der Waals surface area contributed by atoms with Crippen molar-refractivity contribution in [1.82, 2.24) is 4.90 Å². The Bertz CT molecular complexity index is 1070. The lowest BCUT2D eigenvalue weighted by atomic mass is 10.1. The number of nitro benzene ring substituents is 1. The number of ether oxygens (including phenoxy) is 1. The van der Waals surface area contributed by atoms with Crippen LogP contribution in [0.4, 0.5) is 22.7 Å². The van der Waals surface area contributed by atoms with Crippen LogP contribution in [0, 0.1) is 10.1 Å². The van der Waals surface area contributed by atoms with Crippen LogP contribution in [0.2, 0.25) is 0 Å². The SMILES string of the molecule is COc1ccccc1CN(c1ccccc1)c1cc(N2CCN(C)CC2)ccc1[N+](=O)[O-]. The summed E-state index contributed by atoms with van der Waals surface area (Å²) in [5, 5.41) is 12.0. The molecule has 7 heteroatoms. The third-order valence-corrected chi connectivity index (χ3v) is 5.90. The molecular weight excluding hydrogens is 404 g/mol. The summed E-state index contributed by atoms with van der Waals surface area (Å²) in [5.74, 6) is 0.756. The smallest absolute Gasteiger partial charge is 0.293 e. The molecular formula is C25H28N4O3. The molecule has 1 aliphatic heterocycles. The van der Waals surface area contributed by atoms with Crippen LogP contribution in [0.5, 0.6) is 5.75 Å². The number of para-hydroxylation sites is 2. The number of rotatable bonds is 7. The Morgan fingerprint density at radius 2 is 1.66 bits per heavy atom. The standard InChI is InChI=1S/C25H28N4O3/c1-26-14-16-27(17-15-26)22-12-13-23(29(30)31)24(18-22)28(21-9-4-3-5-10-21)19-20-8-6-7-11-25(20)32-2/h3-13,18H,14-17,19H2,1-2H3. The van der Waals surface area contributed by atoms with E-state index in [2.05, 4.69) is 16.8 Å². The fourth-order valence-electron chi connectivity index (χ4n) is 4.07. The van der Waals surface area contributed by atoms with Crippen LogP contribution in [0.3, 0.4) is 0 Å². The summed E-state index contributed by atoms with van der Waals surface area (Å²) < 4.78 is 5.55. The van der Waals surface area contributed by atoms with Gasteiger partial charge in [-0.1, -0.05) is 36.4 Å². The van der Waals surface area contributed by atoms with Crippen LogP contribution in [-0.2, 0) is 6.54 Å². The molecule has 1 saturated heterocycles. The zero-order valence-corrected chi connectivity index (χ0v) is 18.5. The molecule has 1 aliphatic rings. The first-order chi connectivity index (χ1) is 15.6. The van der Waals surface area contributed by atoms with Gasteiger partial charge >= 0.3 is 0 Å². The van der Waals surface area contributed by atoms with Gasteiger partial charge in [-0.05, 0) is 37.4 Å². The molecule has 0 saturated carbocycles. The maximum absolute atomic E-state index is 12.0. The summed E-state index contributed by atoms with van der Waals surface area (Å²) in [6, 6.07) is 23.0. The van der Waals surface area contributed by atoms with E-state index in [1.165, 1.54) is 0 Å². The summed E-state index contributed by atoms with van der Waals surface area (Å²) in [7, 11) is 3.76. The van der Waals surface area contributed by atoms with Gasteiger partial charge in [0.1, 0.15) is 11.4 Å². The monoisotopic (exact) mass is 432 g/mol. The minimum absolute atomic E-state index is 0.0848. The number of anilines is 3. The quantitative estimate of drug-likeness (QED) is 0.399. The fourth-order valence-corrected chi connectivity index (χ4v) is 4.07. The number of methoxy groups -OCH3 is 1. The van der Waals surface area contributed by atoms with Crippen molar-refractivity contribution in [3.63, 3.8) is 0 Å². The summed E-state index contributed by atoms with van der Waals surface area (Å²) >= 11 is 0. The molecule has 0 atom stereocenters. The molecule has 166 valence electrons. The fraction of sp³-hybridized carbons (Fsp3) is 0.280. The third kappa shape index (κ3) is 4.68. The summed E-state index contributed by atoms with van der Waals surface area (Å²) in [6.07, 6.45) is 0. The van der Waals surface area contributed by atoms with Gasteiger partial charge in [0, 0.05) is 49.2 Å². The molecule has 3 aromatic carbocycles. The van der Waals surface area contributed by atoms with Crippen LogP contribution < -0.4 is 14.5 Å². The highest BCUT2D eigenvalue weighted by Crippen LogP contribution is 2.39. The molecule has 4 rings (SSSR count). The summed E-state index contributed by atoms with van der Waals surface area (Å²) in [4.78, 5) is 18.3. The van der Waals surface area contributed by atoms with E-state index in [4.69, 9.17) is 4.74 Å². The maximum atomic E-state index is 12.0. The van der Waals surface area contributed by atoms with Crippen molar-refractivity contribution in [1.29, 1.82) is 0 Å². The largest absolute Gasteiger partial charge is 0.496 e. The maximum Gasteiger partial charge on any atom is 0.293 e. The molecule has 0 amide bonds. The van der Waals surface area contributed by atoms with Crippen LogP contribution in [-0.4, -0.2) is 50.2 Å². The second-order valence-corrected chi connectivity index (χ2v) is 7.95. The number of hydrogen-bond acceptors (Lipinski definition) is 6. The van der Waals surface area contributed by atoms with Gasteiger partial charge in [0.25, 0.3) is 5.69 Å². The molecule has 3 aromatic rings. The van der Waals surface area contributed by atoms with Crippen molar-refractivity contribution in [2.75, 3.05) is 50.1 Å². The summed E-state index contributed by atoms with van der Waals surface area (Å²) in [5.41, 5.74) is 3.50. The number of hydrogen-bond donors (Lipinski definition) is 0. The van der Waals surface area contributed by atoms with Gasteiger partial charge in [0.05, 0.1) is 18.6 Å². The number of benzene rings is 3. The van der Waals surface area contributed by atoms with Gasteiger partial charge in [0.15, 0.2) is 0 Å². The van der Waals surface area contributed by atoms with Gasteiger partial charge in [0.2, 0.25) is 0 Å². The van der Waals surface area contributed by atoms with Crippen LogP contribution in [0.25, 0.3) is 0 Å². The van der Waals surface area contributed by atoms with E-state index in [0.29, 0.717) is 12.2 Å². The Morgan fingerprint density at radius 3 is 2.34 bits per heavy atom.